The number of hydrogen-bond acceptors (Lipinski definition) is 3. The largest absolute Gasteiger partial charge is 0.338 e. The fourth-order valence-corrected chi connectivity index (χ4v) is 3.37. The molecule has 1 aliphatic rings. The highest BCUT2D eigenvalue weighted by molar-refractivity contribution is 5.74. The molecule has 0 bridgehead atoms. The van der Waals surface area contributed by atoms with Crippen LogP contribution in [0.4, 0.5) is 4.79 Å². The Hall–Kier alpha value is -2.34. The van der Waals surface area contributed by atoms with Gasteiger partial charge in [0.25, 0.3) is 0 Å². The average Bonchev–Trinajstić information content (AvgIpc) is 3.14. The molecule has 0 unspecified atom stereocenters. The molecule has 1 saturated heterocycles. The molecule has 6 heteroatoms. The number of hydrogen-bond donors (Lipinski definition) is 2. The van der Waals surface area contributed by atoms with Crippen LogP contribution >= 0.6 is 0 Å². The first-order chi connectivity index (χ1) is 12.1. The Kier molecular flexibility index (Phi) is 5.71. The van der Waals surface area contributed by atoms with Gasteiger partial charge in [-0.05, 0) is 11.5 Å². The predicted molar refractivity (Wildman–Crippen MR) is 98.1 cm³/mol. The summed E-state index contributed by atoms with van der Waals surface area (Å²) < 4.78 is 1.97. The summed E-state index contributed by atoms with van der Waals surface area (Å²) in [5.41, 5.74) is 1.31. The molecule has 0 radical (unpaired) electrons. The van der Waals surface area contributed by atoms with Crippen LogP contribution in [0.1, 0.15) is 18.3 Å². The monoisotopic (exact) mass is 341 g/mol. The number of likely N-dealkylation sites (tertiary alicyclic amines) is 1. The maximum absolute atomic E-state index is 12.2. The maximum Gasteiger partial charge on any atom is 0.315 e. The number of nitrogens with one attached hydrogen (secondary N) is 2. The fourth-order valence-electron chi connectivity index (χ4n) is 3.37. The first-order valence-electron chi connectivity index (χ1n) is 8.88. The number of urea groups is 1. The Morgan fingerprint density at radius 1 is 1.28 bits per heavy atom. The molecule has 1 aliphatic heterocycles. The zero-order valence-corrected chi connectivity index (χ0v) is 15.0. The third kappa shape index (κ3) is 4.82. The smallest absolute Gasteiger partial charge is 0.315 e. The van der Waals surface area contributed by atoms with Gasteiger partial charge in [-0.1, -0.05) is 37.3 Å². The molecule has 2 N–H and O–H groups in total. The minimum absolute atomic E-state index is 0.0902. The minimum atomic E-state index is -0.0902. The molecule has 2 atom stereocenters. The number of aryl methyl sites for hydroxylation is 1. The second-order valence-electron chi connectivity index (χ2n) is 6.87. The van der Waals surface area contributed by atoms with Crippen molar-refractivity contribution in [1.29, 1.82) is 0 Å². The topological polar surface area (TPSA) is 62.2 Å². The summed E-state index contributed by atoms with van der Waals surface area (Å²) in [5.74, 6) is 1.42. The van der Waals surface area contributed by atoms with Crippen LogP contribution < -0.4 is 10.6 Å². The number of nitrogens with zero attached hydrogens (tertiary/aromatic N) is 3. The number of carbonyl (C=O) groups excluding carboxylic acids is 1. The molecule has 1 fully saturated rings. The molecule has 3 rings (SSSR count). The second kappa shape index (κ2) is 8.16. The van der Waals surface area contributed by atoms with Gasteiger partial charge in [0.1, 0.15) is 5.82 Å². The van der Waals surface area contributed by atoms with Crippen LogP contribution in [0.5, 0.6) is 0 Å². The number of carbonyl (C=O) groups is 1. The van der Waals surface area contributed by atoms with Crippen molar-refractivity contribution in [1.82, 2.24) is 25.1 Å². The summed E-state index contributed by atoms with van der Waals surface area (Å²) in [6, 6.07) is 10.6. The number of benzene rings is 1. The van der Waals surface area contributed by atoms with Crippen LogP contribution in [0.25, 0.3) is 0 Å². The molecule has 25 heavy (non-hydrogen) atoms. The molecule has 1 aromatic carbocycles. The minimum Gasteiger partial charge on any atom is -0.338 e. The molecule has 1 aromatic heterocycles. The third-order valence-corrected chi connectivity index (χ3v) is 4.81. The standard InChI is InChI=1S/C19H27N5O/c1-15-12-24(13-16-6-4-3-5-7-16)14-17(15)22-19(25)21-9-8-18-20-10-11-23(18)2/h3-7,10-11,15,17H,8-9,12-14H2,1-2H3,(H2,21,22,25)/t15-,17-/m1/s1. The second-order valence-corrected chi connectivity index (χ2v) is 6.87. The molecule has 6 nitrogen and oxygen atoms in total. The highest BCUT2D eigenvalue weighted by Gasteiger charge is 2.30. The summed E-state index contributed by atoms with van der Waals surface area (Å²) in [6.45, 7) is 5.62. The van der Waals surface area contributed by atoms with Gasteiger partial charge in [0.05, 0.1) is 0 Å². The van der Waals surface area contributed by atoms with Crippen molar-refractivity contribution in [3.05, 3.63) is 54.1 Å². The molecule has 0 spiro atoms. The Labute approximate surface area is 149 Å². The molecule has 2 amide bonds. The third-order valence-electron chi connectivity index (χ3n) is 4.81. The van der Waals surface area contributed by atoms with Crippen LogP contribution in [-0.2, 0) is 20.0 Å². The van der Waals surface area contributed by atoms with Crippen molar-refractivity contribution in [3.8, 4) is 0 Å². The van der Waals surface area contributed by atoms with E-state index in [4.69, 9.17) is 0 Å². The van der Waals surface area contributed by atoms with Crippen molar-refractivity contribution in [2.24, 2.45) is 13.0 Å². The normalized spacial score (nSPS) is 20.6. The molecule has 134 valence electrons. The van der Waals surface area contributed by atoms with Gasteiger partial charge < -0.3 is 15.2 Å². The van der Waals surface area contributed by atoms with E-state index >= 15 is 0 Å². The predicted octanol–water partition coefficient (Wildman–Crippen LogP) is 1.78. The summed E-state index contributed by atoms with van der Waals surface area (Å²) in [7, 11) is 1.96. The zero-order chi connectivity index (χ0) is 17.6. The summed E-state index contributed by atoms with van der Waals surface area (Å²) in [5, 5.41) is 6.06. The van der Waals surface area contributed by atoms with Gasteiger partial charge in [-0.3, -0.25) is 4.90 Å². The fraction of sp³-hybridized carbons (Fsp3) is 0.474. The van der Waals surface area contributed by atoms with Gasteiger partial charge in [-0.15, -0.1) is 0 Å². The number of rotatable bonds is 6. The first kappa shape index (κ1) is 17.5. The van der Waals surface area contributed by atoms with Gasteiger partial charge in [0.2, 0.25) is 0 Å². The van der Waals surface area contributed by atoms with Crippen LogP contribution in [0, 0.1) is 5.92 Å². The highest BCUT2D eigenvalue weighted by atomic mass is 16.2. The molecule has 0 saturated carbocycles. The van der Waals surface area contributed by atoms with Gasteiger partial charge in [-0.25, -0.2) is 9.78 Å². The number of amides is 2. The van der Waals surface area contributed by atoms with E-state index < -0.39 is 0 Å². The van der Waals surface area contributed by atoms with E-state index in [0.717, 1.165) is 31.9 Å². The van der Waals surface area contributed by atoms with Crippen molar-refractivity contribution >= 4 is 6.03 Å². The summed E-state index contributed by atoms with van der Waals surface area (Å²) >= 11 is 0. The van der Waals surface area contributed by atoms with Gasteiger partial charge in [0, 0.05) is 58.1 Å². The van der Waals surface area contributed by atoms with Crippen LogP contribution in [-0.4, -0.2) is 46.2 Å². The molecule has 2 heterocycles. The lowest BCUT2D eigenvalue weighted by Crippen LogP contribution is -2.45. The van der Waals surface area contributed by atoms with E-state index in [1.807, 2.05) is 23.9 Å². The van der Waals surface area contributed by atoms with E-state index in [0.29, 0.717) is 12.5 Å². The molecule has 2 aromatic rings. The highest BCUT2D eigenvalue weighted by Crippen LogP contribution is 2.18. The Balaban J connectivity index is 1.41. The molecule has 0 aliphatic carbocycles. The lowest BCUT2D eigenvalue weighted by molar-refractivity contribution is 0.234. The van der Waals surface area contributed by atoms with Crippen LogP contribution in [0.2, 0.25) is 0 Å². The van der Waals surface area contributed by atoms with Crippen LogP contribution in [0.15, 0.2) is 42.7 Å². The van der Waals surface area contributed by atoms with Crippen molar-refractivity contribution in [2.75, 3.05) is 19.6 Å². The van der Waals surface area contributed by atoms with E-state index in [9.17, 15) is 4.79 Å². The first-order valence-corrected chi connectivity index (χ1v) is 8.88. The van der Waals surface area contributed by atoms with Gasteiger partial charge in [-0.2, -0.15) is 0 Å². The average molecular weight is 341 g/mol. The van der Waals surface area contributed by atoms with E-state index in [-0.39, 0.29) is 12.1 Å². The van der Waals surface area contributed by atoms with Crippen molar-refractivity contribution in [3.63, 3.8) is 0 Å². The number of imidazole rings is 1. The lowest BCUT2D eigenvalue weighted by Gasteiger charge is -2.18. The lowest BCUT2D eigenvalue weighted by atomic mass is 10.1. The summed E-state index contributed by atoms with van der Waals surface area (Å²) in [4.78, 5) is 18.8. The van der Waals surface area contributed by atoms with Crippen LogP contribution in [0.3, 0.4) is 0 Å². The van der Waals surface area contributed by atoms with Crippen molar-refractivity contribution in [2.45, 2.75) is 25.9 Å². The Morgan fingerprint density at radius 3 is 2.80 bits per heavy atom. The zero-order valence-electron chi connectivity index (χ0n) is 15.0. The van der Waals surface area contributed by atoms with Gasteiger partial charge >= 0.3 is 6.03 Å². The number of aromatic nitrogens is 2. The van der Waals surface area contributed by atoms with E-state index in [2.05, 4.69) is 51.7 Å². The maximum atomic E-state index is 12.2. The quantitative estimate of drug-likeness (QED) is 0.842. The van der Waals surface area contributed by atoms with E-state index in [1.165, 1.54) is 5.56 Å². The Morgan fingerprint density at radius 2 is 2.08 bits per heavy atom. The Bertz CT molecular complexity index is 684. The summed E-state index contributed by atoms with van der Waals surface area (Å²) in [6.07, 6.45) is 4.42. The van der Waals surface area contributed by atoms with Gasteiger partial charge in [0.15, 0.2) is 0 Å². The van der Waals surface area contributed by atoms with Crippen molar-refractivity contribution < 1.29 is 4.79 Å². The SMILES string of the molecule is C[C@@H]1CN(Cc2ccccc2)C[C@H]1NC(=O)NCCc1nccn1C. The molecular weight excluding hydrogens is 314 g/mol. The molecular formula is C19H27N5O. The van der Waals surface area contributed by atoms with E-state index in [1.54, 1.807) is 6.20 Å².